The molecule has 0 heterocycles. The first-order valence-electron chi connectivity index (χ1n) is 11.1. The van der Waals surface area contributed by atoms with Gasteiger partial charge in [-0.05, 0) is 117 Å². The standard InChI is InChI=1S/C26H28ClF5/c1-2-3-4-5-17-6-9-19(10-7-17)21-13-12-20(22(28)16-21)11-8-18-14-23(29)25(24(30)15-18)26(27,31)32/h2-3,12-17,19H,4-11H2,1H3/b3-2+. The molecule has 174 valence electrons. The van der Waals surface area contributed by atoms with Crippen LogP contribution in [-0.2, 0) is 18.2 Å². The van der Waals surface area contributed by atoms with Gasteiger partial charge < -0.3 is 0 Å². The van der Waals surface area contributed by atoms with Gasteiger partial charge in [0.2, 0.25) is 0 Å². The molecule has 0 atom stereocenters. The second-order valence-corrected chi connectivity index (χ2v) is 9.12. The van der Waals surface area contributed by atoms with Crippen LogP contribution in [0.5, 0.6) is 0 Å². The maximum atomic E-state index is 14.7. The molecule has 2 aromatic carbocycles. The Labute approximate surface area is 191 Å². The Bertz CT molecular complexity index is 917. The lowest BCUT2D eigenvalue weighted by atomic mass is 9.77. The molecule has 3 rings (SSSR count). The fraction of sp³-hybridized carbons (Fsp3) is 0.462. The molecule has 0 aliphatic heterocycles. The Morgan fingerprint density at radius 3 is 2.16 bits per heavy atom. The maximum absolute atomic E-state index is 14.7. The number of rotatable bonds is 8. The molecule has 2 aromatic rings. The Kier molecular flexibility index (Phi) is 8.37. The maximum Gasteiger partial charge on any atom is 0.353 e. The minimum Gasteiger partial charge on any atom is -0.207 e. The van der Waals surface area contributed by atoms with Gasteiger partial charge in [-0.3, -0.25) is 0 Å². The van der Waals surface area contributed by atoms with E-state index in [0.29, 0.717) is 11.5 Å². The summed E-state index contributed by atoms with van der Waals surface area (Å²) in [6.07, 6.45) is 11.3. The van der Waals surface area contributed by atoms with Crippen molar-refractivity contribution < 1.29 is 22.0 Å². The lowest BCUT2D eigenvalue weighted by Gasteiger charge is -2.28. The molecule has 0 saturated heterocycles. The van der Waals surface area contributed by atoms with Crippen molar-refractivity contribution in [3.8, 4) is 0 Å². The Balaban J connectivity index is 1.60. The highest BCUT2D eigenvalue weighted by Crippen LogP contribution is 2.38. The van der Waals surface area contributed by atoms with E-state index in [0.717, 1.165) is 55.7 Å². The minimum atomic E-state index is -4.12. The predicted molar refractivity (Wildman–Crippen MR) is 119 cm³/mol. The van der Waals surface area contributed by atoms with Crippen LogP contribution in [0.2, 0.25) is 0 Å². The third-order valence-electron chi connectivity index (χ3n) is 6.44. The topological polar surface area (TPSA) is 0 Å². The molecule has 0 aromatic heterocycles. The molecule has 0 amide bonds. The number of aryl methyl sites for hydroxylation is 2. The van der Waals surface area contributed by atoms with E-state index in [1.165, 1.54) is 6.42 Å². The largest absolute Gasteiger partial charge is 0.353 e. The van der Waals surface area contributed by atoms with Crippen LogP contribution in [0.4, 0.5) is 22.0 Å². The molecule has 0 unspecified atom stereocenters. The summed E-state index contributed by atoms with van der Waals surface area (Å²) >= 11 is 4.76. The first kappa shape index (κ1) is 24.8. The number of hydrogen-bond acceptors (Lipinski definition) is 0. The molecular formula is C26H28ClF5. The van der Waals surface area contributed by atoms with Crippen molar-refractivity contribution in [3.05, 3.63) is 82.2 Å². The van der Waals surface area contributed by atoms with Crippen molar-refractivity contribution in [2.45, 2.75) is 69.6 Å². The second kappa shape index (κ2) is 10.8. The second-order valence-electron chi connectivity index (χ2n) is 8.65. The van der Waals surface area contributed by atoms with E-state index >= 15 is 0 Å². The van der Waals surface area contributed by atoms with Gasteiger partial charge in [0.05, 0.1) is 0 Å². The van der Waals surface area contributed by atoms with Crippen molar-refractivity contribution in [2.24, 2.45) is 5.92 Å². The van der Waals surface area contributed by atoms with Crippen LogP contribution in [0, 0.1) is 23.4 Å². The van der Waals surface area contributed by atoms with Gasteiger partial charge in [-0.25, -0.2) is 13.2 Å². The monoisotopic (exact) mass is 470 g/mol. The van der Waals surface area contributed by atoms with Crippen LogP contribution in [0.1, 0.15) is 73.6 Å². The van der Waals surface area contributed by atoms with Crippen LogP contribution in [0.25, 0.3) is 0 Å². The van der Waals surface area contributed by atoms with Gasteiger partial charge in [0.15, 0.2) is 0 Å². The first-order valence-corrected chi connectivity index (χ1v) is 11.5. The number of allylic oxidation sites excluding steroid dienone is 2. The average molecular weight is 471 g/mol. The summed E-state index contributed by atoms with van der Waals surface area (Å²) in [7, 11) is 0. The predicted octanol–water partition coefficient (Wildman–Crippen LogP) is 8.81. The molecule has 1 aliphatic carbocycles. The van der Waals surface area contributed by atoms with Gasteiger partial charge >= 0.3 is 5.38 Å². The first-order chi connectivity index (χ1) is 15.2. The van der Waals surface area contributed by atoms with Crippen molar-refractivity contribution in [1.82, 2.24) is 0 Å². The average Bonchev–Trinajstić information content (AvgIpc) is 2.72. The number of halogens is 6. The van der Waals surface area contributed by atoms with Gasteiger partial charge in [-0.2, -0.15) is 8.78 Å². The summed E-state index contributed by atoms with van der Waals surface area (Å²) < 4.78 is 68.8. The van der Waals surface area contributed by atoms with Gasteiger partial charge in [0.1, 0.15) is 23.0 Å². The summed E-state index contributed by atoms with van der Waals surface area (Å²) in [6, 6.07) is 6.88. The quantitative estimate of drug-likeness (QED) is 0.205. The van der Waals surface area contributed by atoms with Crippen molar-refractivity contribution in [2.75, 3.05) is 0 Å². The van der Waals surface area contributed by atoms with Gasteiger partial charge in [0, 0.05) is 0 Å². The smallest absolute Gasteiger partial charge is 0.207 e. The van der Waals surface area contributed by atoms with E-state index in [2.05, 4.69) is 12.2 Å². The molecule has 32 heavy (non-hydrogen) atoms. The Hall–Kier alpha value is -1.88. The number of alkyl halides is 3. The summed E-state index contributed by atoms with van der Waals surface area (Å²) in [4.78, 5) is 0. The van der Waals surface area contributed by atoms with Gasteiger partial charge in [-0.15, -0.1) is 0 Å². The van der Waals surface area contributed by atoms with Crippen LogP contribution in [-0.4, -0.2) is 0 Å². The van der Waals surface area contributed by atoms with Crippen molar-refractivity contribution in [1.29, 1.82) is 0 Å². The van der Waals surface area contributed by atoms with Crippen LogP contribution < -0.4 is 0 Å². The van der Waals surface area contributed by atoms with Crippen molar-refractivity contribution >= 4 is 11.6 Å². The third-order valence-corrected chi connectivity index (χ3v) is 6.63. The summed E-state index contributed by atoms with van der Waals surface area (Å²) in [5.41, 5.74) is 0.129. The SMILES string of the molecule is C/C=C/CCC1CCC(c2ccc(CCc3cc(F)c(C(F)(F)Cl)c(F)c3)c(F)c2)CC1. The highest BCUT2D eigenvalue weighted by Gasteiger charge is 2.35. The van der Waals surface area contributed by atoms with E-state index in [4.69, 9.17) is 11.6 Å². The van der Waals surface area contributed by atoms with E-state index in [9.17, 15) is 22.0 Å². The van der Waals surface area contributed by atoms with E-state index < -0.39 is 22.6 Å². The fourth-order valence-electron chi connectivity index (χ4n) is 4.62. The zero-order chi connectivity index (χ0) is 23.3. The molecule has 0 nitrogen and oxygen atoms in total. The molecule has 0 spiro atoms. The van der Waals surface area contributed by atoms with Gasteiger partial charge in [0.25, 0.3) is 0 Å². The number of benzene rings is 2. The molecule has 1 saturated carbocycles. The normalized spacial score (nSPS) is 19.6. The highest BCUT2D eigenvalue weighted by molar-refractivity contribution is 6.21. The van der Waals surface area contributed by atoms with Crippen LogP contribution in [0.15, 0.2) is 42.5 Å². The molecule has 0 radical (unpaired) electrons. The molecule has 0 bridgehead atoms. The van der Waals surface area contributed by atoms with Gasteiger partial charge in [-0.1, -0.05) is 24.3 Å². The highest BCUT2D eigenvalue weighted by atomic mass is 35.5. The summed E-state index contributed by atoms with van der Waals surface area (Å²) in [5.74, 6) is -2.07. The van der Waals surface area contributed by atoms with E-state index in [-0.39, 0.29) is 24.2 Å². The van der Waals surface area contributed by atoms with Crippen LogP contribution in [0.3, 0.4) is 0 Å². The lowest BCUT2D eigenvalue weighted by Crippen LogP contribution is -2.13. The van der Waals surface area contributed by atoms with E-state index in [1.807, 2.05) is 13.0 Å². The minimum absolute atomic E-state index is 0.121. The van der Waals surface area contributed by atoms with E-state index in [1.54, 1.807) is 12.1 Å². The van der Waals surface area contributed by atoms with Crippen molar-refractivity contribution in [3.63, 3.8) is 0 Å². The van der Waals surface area contributed by atoms with Crippen LogP contribution >= 0.6 is 11.6 Å². The molecule has 0 N–H and O–H groups in total. The summed E-state index contributed by atoms with van der Waals surface area (Å²) in [5, 5.41) is -4.12. The number of hydrogen-bond donors (Lipinski definition) is 0. The lowest BCUT2D eigenvalue weighted by molar-refractivity contribution is 0.0858. The Morgan fingerprint density at radius 2 is 1.59 bits per heavy atom. The molecular weight excluding hydrogens is 443 g/mol. The fourth-order valence-corrected chi connectivity index (χ4v) is 4.80. The zero-order valence-electron chi connectivity index (χ0n) is 18.1. The zero-order valence-corrected chi connectivity index (χ0v) is 18.9. The molecule has 6 heteroatoms. The third kappa shape index (κ3) is 6.34. The Morgan fingerprint density at radius 1 is 0.938 bits per heavy atom. The molecule has 1 fully saturated rings. The summed E-state index contributed by atoms with van der Waals surface area (Å²) in [6.45, 7) is 2.03. The molecule has 1 aliphatic rings.